The molecule has 1 heterocycles. The predicted molar refractivity (Wildman–Crippen MR) is 113 cm³/mol. The van der Waals surface area contributed by atoms with Crippen LogP contribution in [-0.2, 0) is 19.1 Å². The molecule has 1 unspecified atom stereocenters. The first-order chi connectivity index (χ1) is 13.6. The Morgan fingerprint density at radius 3 is 2.55 bits per heavy atom. The number of esters is 1. The summed E-state index contributed by atoms with van der Waals surface area (Å²) in [6.45, 7) is 9.30. The van der Waals surface area contributed by atoms with Crippen LogP contribution < -0.4 is 5.32 Å². The number of dihydropyridines is 1. The number of hydrogen-bond donors (Lipinski definition) is 1. The molecule has 0 aromatic heterocycles. The molecule has 0 saturated heterocycles. The molecular formula is C22H23Cl2NO4. The largest absolute Gasteiger partial charge is 0.490 e. The van der Waals surface area contributed by atoms with Crippen LogP contribution in [0.25, 0.3) is 0 Å². The van der Waals surface area contributed by atoms with Crippen LogP contribution in [0.1, 0.15) is 46.1 Å². The number of hydrogen-bond acceptors (Lipinski definition) is 5. The second-order valence-corrected chi connectivity index (χ2v) is 8.28. The molecular weight excluding hydrogens is 413 g/mol. The first-order valence-electron chi connectivity index (χ1n) is 8.99. The van der Waals surface area contributed by atoms with E-state index in [1.165, 1.54) is 12.0 Å². The number of carbonyl (C=O) groups excluding carboxylic acids is 2. The highest BCUT2D eigenvalue weighted by Gasteiger charge is 2.38. The molecule has 1 aromatic rings. The van der Waals surface area contributed by atoms with Crippen molar-refractivity contribution in [3.05, 3.63) is 68.3 Å². The molecule has 1 aliphatic heterocycles. The van der Waals surface area contributed by atoms with Crippen molar-refractivity contribution < 1.29 is 19.1 Å². The Morgan fingerprint density at radius 2 is 1.93 bits per heavy atom. The fourth-order valence-electron chi connectivity index (χ4n) is 3.03. The molecule has 1 aromatic carbocycles. The quantitative estimate of drug-likeness (QED) is 0.396. The smallest absolute Gasteiger partial charge is 0.337 e. The normalized spacial score (nSPS) is 16.6. The number of allylic oxidation sites excluding steroid dienone is 3. The van der Waals surface area contributed by atoms with Crippen LogP contribution >= 0.6 is 23.2 Å². The highest BCUT2D eigenvalue weighted by molar-refractivity contribution is 6.42. The maximum absolute atomic E-state index is 12.9. The third-order valence-corrected chi connectivity index (χ3v) is 4.92. The molecule has 0 aliphatic carbocycles. The van der Waals surface area contributed by atoms with Crippen molar-refractivity contribution in [1.82, 2.24) is 5.32 Å². The van der Waals surface area contributed by atoms with Crippen LogP contribution in [0.5, 0.6) is 0 Å². The van der Waals surface area contributed by atoms with Crippen LogP contribution in [0.2, 0.25) is 10.0 Å². The molecule has 1 aliphatic rings. The van der Waals surface area contributed by atoms with Crippen LogP contribution in [-0.4, -0.2) is 24.1 Å². The van der Waals surface area contributed by atoms with Crippen LogP contribution in [0.3, 0.4) is 0 Å². The van der Waals surface area contributed by atoms with Gasteiger partial charge in [0.15, 0.2) is 5.94 Å². The lowest BCUT2D eigenvalue weighted by Crippen LogP contribution is -2.33. The zero-order valence-electron chi connectivity index (χ0n) is 17.0. The Kier molecular flexibility index (Phi) is 7.40. The van der Waals surface area contributed by atoms with Crippen molar-refractivity contribution in [2.75, 3.05) is 6.61 Å². The second-order valence-electron chi connectivity index (χ2n) is 7.49. The number of benzene rings is 1. The Balaban J connectivity index is 2.61. The van der Waals surface area contributed by atoms with Gasteiger partial charge in [-0.15, -0.1) is 0 Å². The van der Waals surface area contributed by atoms with E-state index in [0.29, 0.717) is 32.6 Å². The van der Waals surface area contributed by atoms with Gasteiger partial charge in [0.2, 0.25) is 0 Å². The van der Waals surface area contributed by atoms with Gasteiger partial charge >= 0.3 is 5.97 Å². The molecule has 0 bridgehead atoms. The lowest BCUT2D eigenvalue weighted by molar-refractivity contribution is -0.138. The maximum Gasteiger partial charge on any atom is 0.337 e. The number of rotatable bonds is 5. The van der Waals surface area contributed by atoms with Crippen molar-refractivity contribution >= 4 is 35.1 Å². The minimum absolute atomic E-state index is 0.112. The lowest BCUT2D eigenvalue weighted by atomic mass is 9.84. The average Bonchev–Trinajstić information content (AvgIpc) is 2.62. The number of carbonyl (C=O) groups is 1. The van der Waals surface area contributed by atoms with E-state index in [9.17, 15) is 9.59 Å². The summed E-state index contributed by atoms with van der Waals surface area (Å²) in [4.78, 5) is 23.2. The van der Waals surface area contributed by atoms with E-state index in [1.807, 2.05) is 27.7 Å². The monoisotopic (exact) mass is 435 g/mol. The van der Waals surface area contributed by atoms with E-state index < -0.39 is 17.5 Å². The molecule has 0 radical (unpaired) electrons. The number of nitrogens with one attached hydrogen (secondary N) is 1. The van der Waals surface area contributed by atoms with Crippen LogP contribution in [0.4, 0.5) is 0 Å². The van der Waals surface area contributed by atoms with Crippen molar-refractivity contribution in [3.8, 4) is 0 Å². The fourth-order valence-corrected chi connectivity index (χ4v) is 3.45. The van der Waals surface area contributed by atoms with Crippen molar-refractivity contribution in [3.63, 3.8) is 0 Å². The molecule has 154 valence electrons. The summed E-state index contributed by atoms with van der Waals surface area (Å²) in [5, 5.41) is 3.90. The Hall–Kier alpha value is -2.42. The topological polar surface area (TPSA) is 64.6 Å². The summed E-state index contributed by atoms with van der Waals surface area (Å²) in [6, 6.07) is 5.26. The molecule has 0 amide bonds. The SMILES string of the molecule is CC1=C(OC(C)(C)C)C(c2cccc(Cl)c2Cl)C(C(=O)OCC=C=C=O)=C(C)N1. The fraction of sp³-hybridized carbons (Fsp3) is 0.364. The summed E-state index contributed by atoms with van der Waals surface area (Å²) in [5.74, 6) is 0.865. The zero-order chi connectivity index (χ0) is 21.8. The van der Waals surface area contributed by atoms with Crippen molar-refractivity contribution in [2.24, 2.45) is 0 Å². The van der Waals surface area contributed by atoms with E-state index in [4.69, 9.17) is 32.7 Å². The third-order valence-electron chi connectivity index (χ3n) is 4.09. The van der Waals surface area contributed by atoms with E-state index >= 15 is 0 Å². The first kappa shape index (κ1) is 22.9. The highest BCUT2D eigenvalue weighted by Crippen LogP contribution is 2.44. The third kappa shape index (κ3) is 5.56. The minimum atomic E-state index is -0.611. The average molecular weight is 436 g/mol. The van der Waals surface area contributed by atoms with Gasteiger partial charge in [-0.3, -0.25) is 0 Å². The van der Waals surface area contributed by atoms with Gasteiger partial charge in [0.1, 0.15) is 18.0 Å². The van der Waals surface area contributed by atoms with Gasteiger partial charge in [-0.05, 0) is 52.0 Å². The summed E-state index contributed by atoms with van der Waals surface area (Å²) in [6.07, 6.45) is 1.28. The minimum Gasteiger partial charge on any atom is -0.490 e. The molecule has 0 fully saturated rings. The first-order valence-corrected chi connectivity index (χ1v) is 9.75. The zero-order valence-corrected chi connectivity index (χ0v) is 18.5. The predicted octanol–water partition coefficient (Wildman–Crippen LogP) is 5.09. The molecule has 5 nitrogen and oxygen atoms in total. The van der Waals surface area contributed by atoms with Gasteiger partial charge in [-0.1, -0.05) is 35.3 Å². The Labute approximate surface area is 180 Å². The second kappa shape index (κ2) is 9.39. The number of halogens is 2. The molecule has 7 heteroatoms. The van der Waals surface area contributed by atoms with Gasteiger partial charge in [0.05, 0.1) is 27.2 Å². The standard InChI is InChI=1S/C22H23Cl2NO4/c1-13-17(21(27)28-12-7-6-11-26)18(15-9-8-10-16(23)19(15)24)20(14(2)25-13)29-22(3,4)5/h7-10,18,25H,12H2,1-5H3. The molecule has 2 rings (SSSR count). The summed E-state index contributed by atoms with van der Waals surface area (Å²) in [5.41, 5.74) is 4.06. The van der Waals surface area contributed by atoms with E-state index in [-0.39, 0.29) is 6.61 Å². The summed E-state index contributed by atoms with van der Waals surface area (Å²) < 4.78 is 11.5. The highest BCUT2D eigenvalue weighted by atomic mass is 35.5. The van der Waals surface area contributed by atoms with Crippen LogP contribution in [0, 0.1) is 0 Å². The van der Waals surface area contributed by atoms with Gasteiger partial charge in [-0.25, -0.2) is 9.59 Å². The summed E-state index contributed by atoms with van der Waals surface area (Å²) >= 11 is 12.8. The van der Waals surface area contributed by atoms with Gasteiger partial charge in [0.25, 0.3) is 0 Å². The molecule has 1 atom stereocenters. The van der Waals surface area contributed by atoms with E-state index in [0.717, 1.165) is 5.70 Å². The lowest BCUT2D eigenvalue weighted by Gasteiger charge is -2.35. The summed E-state index contributed by atoms with van der Waals surface area (Å²) in [7, 11) is 0. The Morgan fingerprint density at radius 1 is 1.24 bits per heavy atom. The number of ether oxygens (including phenoxy) is 2. The Bertz CT molecular complexity index is 960. The van der Waals surface area contributed by atoms with Crippen LogP contribution in [0.15, 0.2) is 52.7 Å². The molecule has 1 N–H and O–H groups in total. The molecule has 0 spiro atoms. The van der Waals surface area contributed by atoms with Gasteiger partial charge < -0.3 is 14.8 Å². The van der Waals surface area contributed by atoms with E-state index in [2.05, 4.69) is 11.0 Å². The van der Waals surface area contributed by atoms with Gasteiger partial charge in [-0.2, -0.15) is 0 Å². The maximum atomic E-state index is 12.9. The van der Waals surface area contributed by atoms with Crippen molar-refractivity contribution in [1.29, 1.82) is 0 Å². The van der Waals surface area contributed by atoms with Crippen molar-refractivity contribution in [2.45, 2.75) is 46.1 Å². The molecule has 29 heavy (non-hydrogen) atoms. The molecule has 0 saturated carbocycles. The van der Waals surface area contributed by atoms with E-state index in [1.54, 1.807) is 25.1 Å². The van der Waals surface area contributed by atoms with Gasteiger partial charge in [0, 0.05) is 11.8 Å².